The van der Waals surface area contributed by atoms with Crippen molar-refractivity contribution in [2.24, 2.45) is 0 Å². The van der Waals surface area contributed by atoms with Gasteiger partial charge in [0.25, 0.3) is 5.91 Å². The SMILES string of the molecule is O=C(c1ccccc1)N1C[C@H](S(=O)(=O)c2ccccc2)C[C@H]1P. The van der Waals surface area contributed by atoms with Crippen molar-refractivity contribution in [3.05, 3.63) is 66.2 Å². The van der Waals surface area contributed by atoms with Crippen molar-refractivity contribution in [2.45, 2.75) is 22.3 Å². The third-order valence-corrected chi connectivity index (χ3v) is 6.88. The Morgan fingerprint density at radius 1 is 1.00 bits per heavy atom. The van der Waals surface area contributed by atoms with Crippen LogP contribution in [0.4, 0.5) is 0 Å². The molecule has 120 valence electrons. The number of hydrogen-bond acceptors (Lipinski definition) is 3. The van der Waals surface area contributed by atoms with Gasteiger partial charge in [0.05, 0.1) is 10.1 Å². The van der Waals surface area contributed by atoms with Gasteiger partial charge in [-0.2, -0.15) is 0 Å². The minimum absolute atomic E-state index is 0.128. The van der Waals surface area contributed by atoms with E-state index in [0.717, 1.165) is 0 Å². The molecule has 2 aromatic rings. The lowest BCUT2D eigenvalue weighted by Crippen LogP contribution is -2.34. The van der Waals surface area contributed by atoms with E-state index in [2.05, 4.69) is 9.24 Å². The number of amides is 1. The molecule has 0 N–H and O–H groups in total. The molecule has 3 atom stereocenters. The third-order valence-electron chi connectivity index (χ3n) is 4.10. The van der Waals surface area contributed by atoms with E-state index in [1.54, 1.807) is 59.5 Å². The quantitative estimate of drug-likeness (QED) is 0.802. The third kappa shape index (κ3) is 3.17. The first kappa shape index (κ1) is 16.2. The maximum Gasteiger partial charge on any atom is 0.254 e. The second kappa shape index (κ2) is 6.42. The van der Waals surface area contributed by atoms with Gasteiger partial charge in [0.15, 0.2) is 9.84 Å². The average molecular weight is 347 g/mol. The van der Waals surface area contributed by atoms with E-state index in [4.69, 9.17) is 0 Å². The van der Waals surface area contributed by atoms with Crippen LogP contribution >= 0.6 is 9.24 Å². The molecule has 1 amide bonds. The fourth-order valence-electron chi connectivity index (χ4n) is 2.83. The zero-order chi connectivity index (χ0) is 16.4. The zero-order valence-corrected chi connectivity index (χ0v) is 14.5. The number of hydrogen-bond donors (Lipinski definition) is 0. The number of nitrogens with zero attached hydrogens (tertiary/aromatic N) is 1. The number of rotatable bonds is 3. The summed E-state index contributed by atoms with van der Waals surface area (Å²) >= 11 is 0. The van der Waals surface area contributed by atoms with Crippen LogP contribution in [0.3, 0.4) is 0 Å². The van der Waals surface area contributed by atoms with Gasteiger partial charge in [0.2, 0.25) is 0 Å². The minimum Gasteiger partial charge on any atom is -0.331 e. The van der Waals surface area contributed by atoms with Crippen LogP contribution < -0.4 is 0 Å². The normalized spacial score (nSPS) is 21.3. The van der Waals surface area contributed by atoms with E-state index in [1.807, 2.05) is 6.07 Å². The average Bonchev–Trinajstić information content (AvgIpc) is 2.98. The highest BCUT2D eigenvalue weighted by Gasteiger charge is 2.40. The van der Waals surface area contributed by atoms with Gasteiger partial charge < -0.3 is 4.90 Å². The molecule has 1 aliphatic heterocycles. The standard InChI is InChI=1S/C17H18NO3PS/c19-17(13-7-3-1-4-8-13)18-12-15(11-16(18)22)23(20,21)14-9-5-2-6-10-14/h1-10,15-16H,11-12,22H2/t15-,16-/m1/s1. The van der Waals surface area contributed by atoms with Crippen molar-refractivity contribution in [1.82, 2.24) is 4.90 Å². The Balaban J connectivity index is 1.83. The smallest absolute Gasteiger partial charge is 0.254 e. The summed E-state index contributed by atoms with van der Waals surface area (Å²) in [6, 6.07) is 17.4. The van der Waals surface area contributed by atoms with Crippen LogP contribution in [0.5, 0.6) is 0 Å². The molecule has 6 heteroatoms. The highest BCUT2D eigenvalue weighted by molar-refractivity contribution is 7.92. The van der Waals surface area contributed by atoms with Gasteiger partial charge in [-0.1, -0.05) is 36.4 Å². The lowest BCUT2D eigenvalue weighted by molar-refractivity contribution is 0.0779. The van der Waals surface area contributed by atoms with Crippen LogP contribution in [-0.2, 0) is 9.84 Å². The van der Waals surface area contributed by atoms with Crippen molar-refractivity contribution < 1.29 is 13.2 Å². The molecule has 1 heterocycles. The molecule has 0 radical (unpaired) electrons. The molecule has 1 unspecified atom stereocenters. The molecule has 23 heavy (non-hydrogen) atoms. The predicted octanol–water partition coefficient (Wildman–Crippen LogP) is 2.58. The fourth-order valence-corrected chi connectivity index (χ4v) is 5.35. The number of benzene rings is 2. The van der Waals surface area contributed by atoms with Crippen LogP contribution in [-0.4, -0.2) is 36.8 Å². The van der Waals surface area contributed by atoms with Crippen LogP contribution in [0.25, 0.3) is 0 Å². The summed E-state index contributed by atoms with van der Waals surface area (Å²) in [5.41, 5.74) is 0.581. The summed E-state index contributed by atoms with van der Waals surface area (Å²) in [6.07, 6.45) is 0.431. The summed E-state index contributed by atoms with van der Waals surface area (Å²) in [6.45, 7) is 0.221. The molecular weight excluding hydrogens is 329 g/mol. The first-order valence-electron chi connectivity index (χ1n) is 7.40. The van der Waals surface area contributed by atoms with Gasteiger partial charge in [0.1, 0.15) is 0 Å². The van der Waals surface area contributed by atoms with E-state index < -0.39 is 15.1 Å². The van der Waals surface area contributed by atoms with Crippen LogP contribution in [0, 0.1) is 0 Å². The van der Waals surface area contributed by atoms with Crippen molar-refractivity contribution in [3.63, 3.8) is 0 Å². The summed E-state index contributed by atoms with van der Waals surface area (Å²) in [7, 11) is -0.837. The van der Waals surface area contributed by atoms with Crippen molar-refractivity contribution >= 4 is 25.0 Å². The van der Waals surface area contributed by atoms with E-state index in [0.29, 0.717) is 16.9 Å². The Morgan fingerprint density at radius 3 is 2.17 bits per heavy atom. The molecule has 0 aromatic heterocycles. The van der Waals surface area contributed by atoms with E-state index in [-0.39, 0.29) is 18.2 Å². The molecule has 1 fully saturated rings. The van der Waals surface area contributed by atoms with Crippen LogP contribution in [0.2, 0.25) is 0 Å². The Bertz CT molecular complexity index is 793. The minimum atomic E-state index is -3.43. The highest BCUT2D eigenvalue weighted by atomic mass is 32.2. The number of likely N-dealkylation sites (tertiary alicyclic amines) is 1. The summed E-state index contributed by atoms with van der Waals surface area (Å²) in [5.74, 6) is -0.303. The van der Waals surface area contributed by atoms with E-state index >= 15 is 0 Å². The largest absolute Gasteiger partial charge is 0.331 e. The molecule has 0 saturated carbocycles. The molecule has 4 nitrogen and oxygen atoms in total. The Morgan fingerprint density at radius 2 is 1.57 bits per heavy atom. The lowest BCUT2D eigenvalue weighted by Gasteiger charge is -2.21. The van der Waals surface area contributed by atoms with Gasteiger partial charge in [-0.05, 0) is 30.7 Å². The number of carbonyl (C=O) groups is 1. The van der Waals surface area contributed by atoms with Crippen molar-refractivity contribution in [2.75, 3.05) is 6.54 Å². The van der Waals surface area contributed by atoms with Gasteiger partial charge >= 0.3 is 0 Å². The molecule has 1 aliphatic rings. The van der Waals surface area contributed by atoms with Gasteiger partial charge in [-0.15, -0.1) is 9.24 Å². The molecule has 2 aromatic carbocycles. The van der Waals surface area contributed by atoms with Crippen LogP contribution in [0.15, 0.2) is 65.6 Å². The molecule has 0 aliphatic carbocycles. The first-order valence-corrected chi connectivity index (χ1v) is 9.62. The highest BCUT2D eigenvalue weighted by Crippen LogP contribution is 2.31. The molecule has 1 saturated heterocycles. The second-order valence-electron chi connectivity index (χ2n) is 5.61. The molecular formula is C17H18NO3PS. The predicted molar refractivity (Wildman–Crippen MR) is 93.0 cm³/mol. The van der Waals surface area contributed by atoms with Gasteiger partial charge in [0, 0.05) is 17.9 Å². The van der Waals surface area contributed by atoms with Crippen molar-refractivity contribution in [3.8, 4) is 0 Å². The maximum absolute atomic E-state index is 12.7. The topological polar surface area (TPSA) is 54.5 Å². The number of carbonyl (C=O) groups excluding carboxylic acids is 1. The van der Waals surface area contributed by atoms with Crippen LogP contribution in [0.1, 0.15) is 16.8 Å². The first-order chi connectivity index (χ1) is 11.0. The number of sulfone groups is 1. The van der Waals surface area contributed by atoms with E-state index in [9.17, 15) is 13.2 Å². The fraction of sp³-hybridized carbons (Fsp3) is 0.235. The van der Waals surface area contributed by atoms with E-state index in [1.165, 1.54) is 0 Å². The lowest BCUT2D eigenvalue weighted by atomic mass is 10.2. The monoisotopic (exact) mass is 347 g/mol. The summed E-state index contributed by atoms with van der Waals surface area (Å²) < 4.78 is 25.5. The Labute approximate surface area is 138 Å². The summed E-state index contributed by atoms with van der Waals surface area (Å²) in [4.78, 5) is 14.5. The summed E-state index contributed by atoms with van der Waals surface area (Å²) in [5, 5.41) is -0.569. The molecule has 3 rings (SSSR count). The van der Waals surface area contributed by atoms with Gasteiger partial charge in [-0.3, -0.25) is 4.79 Å². The van der Waals surface area contributed by atoms with Gasteiger partial charge in [-0.25, -0.2) is 8.42 Å². The Hall–Kier alpha value is -1.71. The molecule has 0 spiro atoms. The Kier molecular flexibility index (Phi) is 4.51. The zero-order valence-electron chi connectivity index (χ0n) is 12.5. The molecule has 0 bridgehead atoms. The second-order valence-corrected chi connectivity index (χ2v) is 8.60. The van der Waals surface area contributed by atoms with Crippen molar-refractivity contribution in [1.29, 1.82) is 0 Å². The maximum atomic E-state index is 12.7.